The van der Waals surface area contributed by atoms with Gasteiger partial charge in [-0.2, -0.15) is 0 Å². The van der Waals surface area contributed by atoms with E-state index in [1.54, 1.807) is 6.20 Å². The predicted octanol–water partition coefficient (Wildman–Crippen LogP) is 0.960. The second kappa shape index (κ2) is 5.02. The summed E-state index contributed by atoms with van der Waals surface area (Å²) >= 11 is 0. The molecule has 0 amide bonds. The molecule has 94 valence electrons. The number of aliphatic hydroxyl groups excluding tert-OH is 1. The number of aromatic nitrogens is 1. The number of hydrogen-bond donors (Lipinski definition) is 1. The summed E-state index contributed by atoms with van der Waals surface area (Å²) in [5.74, 6) is 1.67. The van der Waals surface area contributed by atoms with Gasteiger partial charge in [-0.25, -0.2) is 4.98 Å². The van der Waals surface area contributed by atoms with Crippen LogP contribution in [0.2, 0.25) is 0 Å². The molecule has 0 aliphatic carbocycles. The van der Waals surface area contributed by atoms with Crippen LogP contribution in [0.25, 0.3) is 0 Å². The highest BCUT2D eigenvalue weighted by atomic mass is 16.3. The van der Waals surface area contributed by atoms with E-state index in [-0.39, 0.29) is 6.61 Å². The van der Waals surface area contributed by atoms with Crippen LogP contribution in [-0.2, 0) is 6.61 Å². The van der Waals surface area contributed by atoms with Crippen LogP contribution in [0.1, 0.15) is 12.5 Å². The van der Waals surface area contributed by atoms with E-state index >= 15 is 0 Å². The second-order valence-corrected chi connectivity index (χ2v) is 5.10. The molecule has 1 fully saturated rings. The van der Waals surface area contributed by atoms with Gasteiger partial charge >= 0.3 is 0 Å². The molecule has 2 heterocycles. The smallest absolute Gasteiger partial charge is 0.128 e. The molecule has 1 aromatic rings. The highest BCUT2D eigenvalue weighted by molar-refractivity contribution is 5.41. The van der Waals surface area contributed by atoms with Crippen molar-refractivity contribution < 1.29 is 5.11 Å². The van der Waals surface area contributed by atoms with Gasteiger partial charge in [-0.3, -0.25) is 0 Å². The molecule has 2 atom stereocenters. The lowest BCUT2D eigenvalue weighted by atomic mass is 10.1. The molecule has 0 spiro atoms. The van der Waals surface area contributed by atoms with E-state index in [9.17, 15) is 0 Å². The first-order valence-electron chi connectivity index (χ1n) is 6.09. The quantitative estimate of drug-likeness (QED) is 0.847. The maximum atomic E-state index is 8.99. The Morgan fingerprint density at radius 2 is 2.18 bits per heavy atom. The van der Waals surface area contributed by atoms with Crippen LogP contribution < -0.4 is 4.90 Å². The monoisotopic (exact) mass is 235 g/mol. The number of anilines is 1. The molecule has 0 radical (unpaired) electrons. The van der Waals surface area contributed by atoms with Gasteiger partial charge in [0.2, 0.25) is 0 Å². The lowest BCUT2D eigenvalue weighted by Crippen LogP contribution is -2.34. The predicted molar refractivity (Wildman–Crippen MR) is 69.0 cm³/mol. The van der Waals surface area contributed by atoms with E-state index in [4.69, 9.17) is 5.11 Å². The van der Waals surface area contributed by atoms with Gasteiger partial charge in [0.15, 0.2) is 0 Å². The molecule has 1 aliphatic rings. The lowest BCUT2D eigenvalue weighted by molar-refractivity contribution is 0.266. The molecular weight excluding hydrogens is 214 g/mol. The maximum absolute atomic E-state index is 8.99. The largest absolute Gasteiger partial charge is 0.392 e. The Morgan fingerprint density at radius 3 is 2.65 bits per heavy atom. The molecular formula is C13H21N3O. The van der Waals surface area contributed by atoms with Crippen molar-refractivity contribution in [3.8, 4) is 0 Å². The van der Waals surface area contributed by atoms with Crippen LogP contribution in [0.5, 0.6) is 0 Å². The summed E-state index contributed by atoms with van der Waals surface area (Å²) in [7, 11) is 4.26. The van der Waals surface area contributed by atoms with E-state index in [0.29, 0.717) is 12.0 Å². The fourth-order valence-electron chi connectivity index (χ4n) is 2.51. The molecule has 17 heavy (non-hydrogen) atoms. The van der Waals surface area contributed by atoms with Crippen molar-refractivity contribution >= 4 is 5.82 Å². The fraction of sp³-hybridized carbons (Fsp3) is 0.615. The van der Waals surface area contributed by atoms with Crippen LogP contribution in [-0.4, -0.2) is 48.2 Å². The van der Waals surface area contributed by atoms with E-state index < -0.39 is 0 Å². The first-order valence-corrected chi connectivity index (χ1v) is 6.09. The lowest BCUT2D eigenvalue weighted by Gasteiger charge is -2.22. The average Bonchev–Trinajstić information content (AvgIpc) is 2.71. The molecule has 1 saturated heterocycles. The van der Waals surface area contributed by atoms with E-state index in [0.717, 1.165) is 24.5 Å². The number of rotatable bonds is 3. The third-order valence-electron chi connectivity index (χ3n) is 3.55. The van der Waals surface area contributed by atoms with Gasteiger partial charge in [-0.1, -0.05) is 13.0 Å². The summed E-state index contributed by atoms with van der Waals surface area (Å²) in [5.41, 5.74) is 0.866. The summed E-state index contributed by atoms with van der Waals surface area (Å²) in [5, 5.41) is 8.99. The third-order valence-corrected chi connectivity index (χ3v) is 3.55. The summed E-state index contributed by atoms with van der Waals surface area (Å²) < 4.78 is 0. The molecule has 2 rings (SSSR count). The van der Waals surface area contributed by atoms with E-state index in [2.05, 4.69) is 35.8 Å². The van der Waals surface area contributed by atoms with Gasteiger partial charge < -0.3 is 14.9 Å². The minimum Gasteiger partial charge on any atom is -0.392 e. The number of aliphatic hydroxyl groups is 1. The van der Waals surface area contributed by atoms with Gasteiger partial charge in [-0.15, -0.1) is 0 Å². The number of likely N-dealkylation sites (N-methyl/N-ethyl adjacent to an activating group) is 1. The highest BCUT2D eigenvalue weighted by Crippen LogP contribution is 2.24. The number of pyridine rings is 1. The Balaban J connectivity index is 2.08. The Morgan fingerprint density at radius 1 is 1.41 bits per heavy atom. The van der Waals surface area contributed by atoms with Crippen molar-refractivity contribution in [1.29, 1.82) is 0 Å². The third kappa shape index (κ3) is 2.58. The molecule has 0 bridgehead atoms. The summed E-state index contributed by atoms with van der Waals surface area (Å²) in [4.78, 5) is 9.01. The summed E-state index contributed by atoms with van der Waals surface area (Å²) in [6, 6.07) is 4.53. The molecule has 1 aromatic heterocycles. The summed E-state index contributed by atoms with van der Waals surface area (Å²) in [6.45, 7) is 4.42. The second-order valence-electron chi connectivity index (χ2n) is 5.10. The van der Waals surface area contributed by atoms with Crippen molar-refractivity contribution in [2.75, 3.05) is 32.1 Å². The summed E-state index contributed by atoms with van der Waals surface area (Å²) in [6.07, 6.45) is 1.75. The molecule has 1 aliphatic heterocycles. The normalized spacial score (nSPS) is 24.6. The van der Waals surface area contributed by atoms with Gasteiger partial charge in [-0.05, 0) is 31.6 Å². The van der Waals surface area contributed by atoms with Gasteiger partial charge in [0.25, 0.3) is 0 Å². The van der Waals surface area contributed by atoms with Crippen LogP contribution in [0.3, 0.4) is 0 Å². The molecule has 0 aromatic carbocycles. The van der Waals surface area contributed by atoms with Crippen molar-refractivity contribution in [1.82, 2.24) is 9.88 Å². The van der Waals surface area contributed by atoms with Gasteiger partial charge in [0, 0.05) is 25.3 Å². The topological polar surface area (TPSA) is 39.6 Å². The van der Waals surface area contributed by atoms with Crippen molar-refractivity contribution in [2.45, 2.75) is 19.6 Å². The molecule has 4 heteroatoms. The van der Waals surface area contributed by atoms with Crippen molar-refractivity contribution in [3.05, 3.63) is 23.9 Å². The average molecular weight is 235 g/mol. The zero-order valence-corrected chi connectivity index (χ0v) is 10.8. The Kier molecular flexibility index (Phi) is 3.64. The molecule has 4 nitrogen and oxygen atoms in total. The minimum atomic E-state index is 0.0595. The van der Waals surface area contributed by atoms with Gasteiger partial charge in [0.1, 0.15) is 5.82 Å². The molecule has 0 saturated carbocycles. The number of hydrogen-bond acceptors (Lipinski definition) is 4. The fourth-order valence-corrected chi connectivity index (χ4v) is 2.51. The maximum Gasteiger partial charge on any atom is 0.128 e. The SMILES string of the molecule is CC1CN(c2ccc(CO)cn2)CC1N(C)C. The first-order chi connectivity index (χ1) is 8.11. The van der Waals surface area contributed by atoms with Crippen LogP contribution in [0.4, 0.5) is 5.82 Å². The Bertz CT molecular complexity index is 363. The van der Waals surface area contributed by atoms with Crippen LogP contribution in [0.15, 0.2) is 18.3 Å². The zero-order chi connectivity index (χ0) is 12.4. The van der Waals surface area contributed by atoms with Crippen LogP contribution in [0, 0.1) is 5.92 Å². The molecule has 2 unspecified atom stereocenters. The molecule has 1 N–H and O–H groups in total. The van der Waals surface area contributed by atoms with E-state index in [1.165, 1.54) is 0 Å². The minimum absolute atomic E-state index is 0.0595. The van der Waals surface area contributed by atoms with Crippen molar-refractivity contribution in [2.24, 2.45) is 5.92 Å². The standard InChI is InChI=1S/C13H21N3O/c1-10-7-16(8-12(10)15(2)3)13-5-4-11(9-17)6-14-13/h4-6,10,12,17H,7-9H2,1-3H3. The van der Waals surface area contributed by atoms with E-state index in [1.807, 2.05) is 12.1 Å². The Hall–Kier alpha value is -1.13. The van der Waals surface area contributed by atoms with Crippen LogP contribution >= 0.6 is 0 Å². The van der Waals surface area contributed by atoms with Gasteiger partial charge in [0.05, 0.1) is 6.61 Å². The number of nitrogens with zero attached hydrogens (tertiary/aromatic N) is 3. The highest BCUT2D eigenvalue weighted by Gasteiger charge is 2.31. The van der Waals surface area contributed by atoms with Crippen molar-refractivity contribution in [3.63, 3.8) is 0 Å². The Labute approximate surface area is 103 Å². The zero-order valence-electron chi connectivity index (χ0n) is 10.8. The first kappa shape index (κ1) is 12.3.